The Balaban J connectivity index is 1.73. The van der Waals surface area contributed by atoms with Crippen LogP contribution in [-0.2, 0) is 0 Å². The molecule has 0 fully saturated rings. The number of nitriles is 2. The van der Waals surface area contributed by atoms with E-state index >= 15 is 0 Å². The smallest absolute Gasteiger partial charge is 0.137 e. The molecule has 0 bridgehead atoms. The Bertz CT molecular complexity index is 1200. The minimum Gasteiger partial charge on any atom is -0.457 e. The Morgan fingerprint density at radius 3 is 2.59 bits per heavy atom. The van der Waals surface area contributed by atoms with E-state index in [0.717, 1.165) is 22.0 Å². The van der Waals surface area contributed by atoms with E-state index in [-0.39, 0.29) is 5.57 Å². The minimum atomic E-state index is 0.0593. The normalized spacial score (nSPS) is 12.7. The highest BCUT2D eigenvalue weighted by Crippen LogP contribution is 2.35. The van der Waals surface area contributed by atoms with Crippen LogP contribution in [0.1, 0.15) is 11.1 Å². The summed E-state index contributed by atoms with van der Waals surface area (Å²) < 4.78 is 5.91. The predicted molar refractivity (Wildman–Crippen MR) is 104 cm³/mol. The molecule has 1 aromatic heterocycles. The molecule has 2 heterocycles. The largest absolute Gasteiger partial charge is 0.457 e. The highest BCUT2D eigenvalue weighted by Gasteiger charge is 2.18. The van der Waals surface area contributed by atoms with Gasteiger partial charge >= 0.3 is 0 Å². The van der Waals surface area contributed by atoms with Crippen molar-refractivity contribution < 1.29 is 4.74 Å². The first-order chi connectivity index (χ1) is 13.3. The molecule has 2 aromatic carbocycles. The van der Waals surface area contributed by atoms with Gasteiger partial charge < -0.3 is 4.74 Å². The molecule has 3 aromatic rings. The number of fused-ring (bicyclic) bond motifs is 2. The Hall–Kier alpha value is -4.15. The van der Waals surface area contributed by atoms with Gasteiger partial charge in [-0.05, 0) is 42.0 Å². The van der Waals surface area contributed by atoms with E-state index in [0.29, 0.717) is 17.1 Å². The van der Waals surface area contributed by atoms with Gasteiger partial charge in [-0.3, -0.25) is 4.98 Å². The second-order valence-corrected chi connectivity index (χ2v) is 5.95. The first kappa shape index (κ1) is 16.3. The van der Waals surface area contributed by atoms with Crippen LogP contribution in [0.5, 0.6) is 5.75 Å². The van der Waals surface area contributed by atoms with Crippen LogP contribution in [0.2, 0.25) is 0 Å². The molecule has 4 nitrogen and oxygen atoms in total. The summed E-state index contributed by atoms with van der Waals surface area (Å²) in [7, 11) is 0. The molecule has 0 amide bonds. The summed E-state index contributed by atoms with van der Waals surface area (Å²) in [6.45, 7) is 0. The van der Waals surface area contributed by atoms with Crippen molar-refractivity contribution in [3.63, 3.8) is 0 Å². The topological polar surface area (TPSA) is 69.7 Å². The quantitative estimate of drug-likeness (QED) is 0.610. The molecule has 0 radical (unpaired) electrons. The second kappa shape index (κ2) is 7.00. The fourth-order valence-corrected chi connectivity index (χ4v) is 2.95. The van der Waals surface area contributed by atoms with Gasteiger partial charge in [-0.2, -0.15) is 10.5 Å². The lowest BCUT2D eigenvalue weighted by Crippen LogP contribution is -2.03. The zero-order chi connectivity index (χ0) is 18.6. The zero-order valence-corrected chi connectivity index (χ0v) is 14.3. The summed E-state index contributed by atoms with van der Waals surface area (Å²) in [5, 5.41) is 19.6. The number of rotatable bonds is 2. The third kappa shape index (κ3) is 3.20. The summed E-state index contributed by atoms with van der Waals surface area (Å²) in [6, 6.07) is 21.2. The molecule has 0 unspecified atom stereocenters. The lowest BCUT2D eigenvalue weighted by atomic mass is 9.97. The SMILES string of the molecule is N#CC(C#N)=C1C=C(C=Cc2cnc3ccccc3c2)Oc2ccccc21. The predicted octanol–water partition coefficient (Wildman–Crippen LogP) is 5.03. The van der Waals surface area contributed by atoms with Crippen LogP contribution in [-0.4, -0.2) is 4.98 Å². The van der Waals surface area contributed by atoms with Gasteiger partial charge in [0.1, 0.15) is 29.2 Å². The van der Waals surface area contributed by atoms with E-state index in [2.05, 4.69) is 4.98 Å². The van der Waals surface area contributed by atoms with Crippen molar-refractivity contribution in [1.82, 2.24) is 4.98 Å². The fourth-order valence-electron chi connectivity index (χ4n) is 2.95. The molecular formula is C23H13N3O. The van der Waals surface area contributed by atoms with Gasteiger partial charge in [0, 0.05) is 22.7 Å². The maximum atomic E-state index is 9.27. The average Bonchev–Trinajstić information content (AvgIpc) is 2.73. The monoisotopic (exact) mass is 347 g/mol. The third-order valence-electron chi connectivity index (χ3n) is 4.24. The van der Waals surface area contributed by atoms with Crippen LogP contribution in [0.25, 0.3) is 22.6 Å². The Morgan fingerprint density at radius 2 is 1.74 bits per heavy atom. The number of para-hydroxylation sites is 2. The molecule has 0 atom stereocenters. The standard InChI is InChI=1S/C23H13N3O/c24-13-18(14-25)21-12-19(27-23-8-4-2-6-20(21)23)10-9-16-11-17-5-1-3-7-22(17)26-15-16/h1-12,15H. The van der Waals surface area contributed by atoms with Gasteiger partial charge in [-0.25, -0.2) is 0 Å². The van der Waals surface area contributed by atoms with Crippen LogP contribution in [0.3, 0.4) is 0 Å². The second-order valence-electron chi connectivity index (χ2n) is 5.95. The molecule has 0 saturated heterocycles. The lowest BCUT2D eigenvalue weighted by Gasteiger charge is -2.18. The van der Waals surface area contributed by atoms with Crippen LogP contribution in [0, 0.1) is 22.7 Å². The highest BCUT2D eigenvalue weighted by atomic mass is 16.5. The maximum absolute atomic E-state index is 9.27. The molecule has 126 valence electrons. The first-order valence-electron chi connectivity index (χ1n) is 8.35. The molecule has 1 aliphatic heterocycles. The summed E-state index contributed by atoms with van der Waals surface area (Å²) in [4.78, 5) is 4.44. The molecule has 1 aliphatic rings. The van der Waals surface area contributed by atoms with E-state index in [1.165, 1.54) is 0 Å². The van der Waals surface area contributed by atoms with Crippen LogP contribution < -0.4 is 4.74 Å². The summed E-state index contributed by atoms with van der Waals surface area (Å²) in [6.07, 6.45) is 7.22. The number of ether oxygens (including phenoxy) is 1. The fraction of sp³-hybridized carbons (Fsp3) is 0. The lowest BCUT2D eigenvalue weighted by molar-refractivity contribution is 0.439. The van der Waals surface area contributed by atoms with Gasteiger partial charge in [0.25, 0.3) is 0 Å². The van der Waals surface area contributed by atoms with Crippen molar-refractivity contribution in [3.05, 3.63) is 95.4 Å². The van der Waals surface area contributed by atoms with Gasteiger partial charge in [-0.1, -0.05) is 36.4 Å². The molecule has 0 aliphatic carbocycles. The zero-order valence-electron chi connectivity index (χ0n) is 14.3. The maximum Gasteiger partial charge on any atom is 0.137 e. The average molecular weight is 347 g/mol. The van der Waals surface area contributed by atoms with Crippen molar-refractivity contribution >= 4 is 22.6 Å². The van der Waals surface area contributed by atoms with Crippen molar-refractivity contribution in [2.45, 2.75) is 0 Å². The number of benzene rings is 2. The summed E-state index contributed by atoms with van der Waals surface area (Å²) >= 11 is 0. The third-order valence-corrected chi connectivity index (χ3v) is 4.24. The molecule has 4 heteroatoms. The van der Waals surface area contributed by atoms with Crippen LogP contribution >= 0.6 is 0 Å². The summed E-state index contributed by atoms with van der Waals surface area (Å²) in [5.41, 5.74) is 3.24. The molecule has 0 saturated carbocycles. The van der Waals surface area contributed by atoms with Crippen molar-refractivity contribution in [2.24, 2.45) is 0 Å². The molecular weight excluding hydrogens is 334 g/mol. The van der Waals surface area contributed by atoms with Gasteiger partial charge in [0.15, 0.2) is 0 Å². The summed E-state index contributed by atoms with van der Waals surface area (Å²) in [5.74, 6) is 1.18. The minimum absolute atomic E-state index is 0.0593. The van der Waals surface area contributed by atoms with Crippen LogP contribution in [0.15, 0.2) is 84.3 Å². The number of hydrogen-bond donors (Lipinski definition) is 0. The molecule has 27 heavy (non-hydrogen) atoms. The number of hydrogen-bond acceptors (Lipinski definition) is 4. The Morgan fingerprint density at radius 1 is 0.963 bits per heavy atom. The molecule has 4 rings (SSSR count). The van der Waals surface area contributed by atoms with E-state index in [9.17, 15) is 10.5 Å². The van der Waals surface area contributed by atoms with Crippen LogP contribution in [0.4, 0.5) is 0 Å². The van der Waals surface area contributed by atoms with Gasteiger partial charge in [0.05, 0.1) is 5.52 Å². The Labute approximate surface area is 156 Å². The Kier molecular flexibility index (Phi) is 4.23. The van der Waals surface area contributed by atoms with E-state index in [1.807, 2.05) is 78.9 Å². The van der Waals surface area contributed by atoms with E-state index in [1.54, 1.807) is 12.3 Å². The van der Waals surface area contributed by atoms with E-state index < -0.39 is 0 Å². The molecule has 0 N–H and O–H groups in total. The van der Waals surface area contributed by atoms with Crippen molar-refractivity contribution in [1.29, 1.82) is 10.5 Å². The van der Waals surface area contributed by atoms with Gasteiger partial charge in [-0.15, -0.1) is 0 Å². The van der Waals surface area contributed by atoms with Gasteiger partial charge in [0.2, 0.25) is 0 Å². The number of allylic oxidation sites excluding steroid dienone is 4. The van der Waals surface area contributed by atoms with Crippen molar-refractivity contribution in [2.75, 3.05) is 0 Å². The molecule has 0 spiro atoms. The number of aromatic nitrogens is 1. The van der Waals surface area contributed by atoms with E-state index in [4.69, 9.17) is 4.74 Å². The number of pyridine rings is 1. The van der Waals surface area contributed by atoms with Crippen molar-refractivity contribution in [3.8, 4) is 17.9 Å². The highest BCUT2D eigenvalue weighted by molar-refractivity contribution is 5.87. The number of nitrogens with zero attached hydrogens (tertiary/aromatic N) is 3. The first-order valence-corrected chi connectivity index (χ1v) is 8.35.